The van der Waals surface area contributed by atoms with Gasteiger partial charge in [0.25, 0.3) is 11.7 Å². The highest BCUT2D eigenvalue weighted by atomic mass is 16.5. The van der Waals surface area contributed by atoms with Crippen LogP contribution in [0.5, 0.6) is 5.75 Å². The number of aliphatic hydroxyl groups is 1. The Kier molecular flexibility index (Phi) is 7.77. The number of carbonyl (C=O) groups excluding carboxylic acids is 2. The third-order valence-corrected chi connectivity index (χ3v) is 6.62. The smallest absolute Gasteiger partial charge is 0.300 e. The van der Waals surface area contributed by atoms with Crippen molar-refractivity contribution in [3.63, 3.8) is 0 Å². The second-order valence-electron chi connectivity index (χ2n) is 10.3. The van der Waals surface area contributed by atoms with Crippen LogP contribution in [-0.2, 0) is 15.0 Å². The molecular weight excluding hydrogens is 464 g/mol. The molecule has 0 radical (unpaired) electrons. The molecule has 0 saturated carbocycles. The van der Waals surface area contributed by atoms with Gasteiger partial charge >= 0.3 is 0 Å². The van der Waals surface area contributed by atoms with E-state index < -0.39 is 17.7 Å². The van der Waals surface area contributed by atoms with Crippen LogP contribution in [0.2, 0.25) is 0 Å². The van der Waals surface area contributed by atoms with Crippen molar-refractivity contribution in [3.05, 3.63) is 95.3 Å². The van der Waals surface area contributed by atoms with Crippen molar-refractivity contribution in [1.82, 2.24) is 4.98 Å². The van der Waals surface area contributed by atoms with Gasteiger partial charge in [-0.2, -0.15) is 0 Å². The molecule has 1 amide bonds. The molecule has 192 valence electrons. The van der Waals surface area contributed by atoms with E-state index in [0.717, 1.165) is 24.8 Å². The van der Waals surface area contributed by atoms with Gasteiger partial charge in [0.05, 0.1) is 18.2 Å². The Morgan fingerprint density at radius 3 is 2.19 bits per heavy atom. The molecule has 1 N–H and O–H groups in total. The van der Waals surface area contributed by atoms with E-state index in [1.165, 1.54) is 4.90 Å². The quantitative estimate of drug-likeness (QED) is 0.164. The monoisotopic (exact) mass is 498 g/mol. The number of amides is 1. The molecule has 6 nitrogen and oxygen atoms in total. The number of ether oxygens (including phenoxy) is 1. The number of ketones is 1. The minimum atomic E-state index is -0.784. The van der Waals surface area contributed by atoms with Gasteiger partial charge in [0.15, 0.2) is 0 Å². The Hall–Kier alpha value is -3.93. The molecule has 1 aromatic heterocycles. The van der Waals surface area contributed by atoms with Crippen molar-refractivity contribution in [1.29, 1.82) is 0 Å². The van der Waals surface area contributed by atoms with Crippen LogP contribution in [0.3, 0.4) is 0 Å². The van der Waals surface area contributed by atoms with Crippen LogP contribution in [-0.4, -0.2) is 28.4 Å². The predicted molar refractivity (Wildman–Crippen MR) is 146 cm³/mol. The number of Topliss-reactive ketones (excluding diaryl/α,β-unsaturated/α-hetero) is 1. The maximum absolute atomic E-state index is 13.3. The third-order valence-electron chi connectivity index (χ3n) is 6.62. The van der Waals surface area contributed by atoms with Gasteiger partial charge in [0, 0.05) is 23.6 Å². The van der Waals surface area contributed by atoms with Gasteiger partial charge in [0.1, 0.15) is 11.5 Å². The Morgan fingerprint density at radius 1 is 0.946 bits per heavy atom. The highest BCUT2D eigenvalue weighted by Crippen LogP contribution is 2.42. The Bertz CT molecular complexity index is 1270. The molecule has 1 unspecified atom stereocenters. The fourth-order valence-corrected chi connectivity index (χ4v) is 4.49. The van der Waals surface area contributed by atoms with Crippen molar-refractivity contribution in [2.24, 2.45) is 0 Å². The van der Waals surface area contributed by atoms with Gasteiger partial charge in [0.2, 0.25) is 0 Å². The van der Waals surface area contributed by atoms with E-state index in [2.05, 4.69) is 32.7 Å². The normalized spacial score (nSPS) is 17.3. The molecule has 37 heavy (non-hydrogen) atoms. The predicted octanol–water partition coefficient (Wildman–Crippen LogP) is 6.57. The molecule has 6 heteroatoms. The van der Waals surface area contributed by atoms with Gasteiger partial charge in [-0.05, 0) is 71.5 Å². The minimum Gasteiger partial charge on any atom is -0.507 e. The number of rotatable bonds is 8. The molecule has 0 aliphatic carbocycles. The number of hydrogen-bond donors (Lipinski definition) is 1. The zero-order valence-electron chi connectivity index (χ0n) is 21.9. The van der Waals surface area contributed by atoms with Crippen molar-refractivity contribution in [3.8, 4) is 5.75 Å². The fraction of sp³-hybridized carbons (Fsp3) is 0.323. The first-order valence-electron chi connectivity index (χ1n) is 12.8. The molecule has 1 fully saturated rings. The first-order chi connectivity index (χ1) is 17.7. The molecule has 3 aromatic rings. The van der Waals surface area contributed by atoms with E-state index in [1.807, 2.05) is 24.3 Å². The maximum Gasteiger partial charge on any atom is 0.300 e. The van der Waals surface area contributed by atoms with Crippen molar-refractivity contribution in [2.45, 2.75) is 58.4 Å². The molecular formula is C31H34N2O4. The van der Waals surface area contributed by atoms with Crippen molar-refractivity contribution in [2.75, 3.05) is 11.5 Å². The molecule has 1 saturated heterocycles. The van der Waals surface area contributed by atoms with Crippen LogP contribution in [0.15, 0.2) is 78.6 Å². The lowest BCUT2D eigenvalue weighted by Gasteiger charge is -2.26. The average molecular weight is 499 g/mol. The summed E-state index contributed by atoms with van der Waals surface area (Å²) in [6, 6.07) is 17.3. The van der Waals surface area contributed by atoms with Crippen LogP contribution in [0.1, 0.15) is 69.7 Å². The number of anilines is 1. The summed E-state index contributed by atoms with van der Waals surface area (Å²) in [5.41, 5.74) is 2.83. The molecule has 1 atom stereocenters. The number of aliphatic hydroxyl groups excluding tert-OH is 1. The lowest BCUT2D eigenvalue weighted by Crippen LogP contribution is -2.29. The second kappa shape index (κ2) is 11.0. The van der Waals surface area contributed by atoms with Gasteiger partial charge < -0.3 is 9.84 Å². The van der Waals surface area contributed by atoms with E-state index in [-0.39, 0.29) is 16.7 Å². The number of nitrogens with zero attached hydrogens (tertiary/aromatic N) is 2. The molecule has 4 rings (SSSR count). The average Bonchev–Trinajstić information content (AvgIpc) is 3.17. The Morgan fingerprint density at radius 2 is 1.59 bits per heavy atom. The van der Waals surface area contributed by atoms with Gasteiger partial charge in [-0.25, -0.2) is 0 Å². The van der Waals surface area contributed by atoms with Crippen LogP contribution in [0.25, 0.3) is 5.76 Å². The number of hydrogen-bond acceptors (Lipinski definition) is 5. The zero-order chi connectivity index (χ0) is 26.6. The fourth-order valence-electron chi connectivity index (χ4n) is 4.49. The van der Waals surface area contributed by atoms with Gasteiger partial charge in [-0.3, -0.25) is 19.5 Å². The SMILES string of the molecule is CCCCCOc1ccc(/C(O)=C2\C(=O)C(=O)N(c3ccc(C(C)(C)C)cc3)C2c2ccncc2)cc1. The van der Waals surface area contributed by atoms with E-state index in [0.29, 0.717) is 29.2 Å². The third kappa shape index (κ3) is 5.58. The second-order valence-corrected chi connectivity index (χ2v) is 10.3. The van der Waals surface area contributed by atoms with Crippen molar-refractivity contribution < 1.29 is 19.4 Å². The molecule has 1 aliphatic heterocycles. The summed E-state index contributed by atoms with van der Waals surface area (Å²) >= 11 is 0. The highest BCUT2D eigenvalue weighted by molar-refractivity contribution is 6.51. The first kappa shape index (κ1) is 26.1. The van der Waals surface area contributed by atoms with Crippen LogP contribution in [0, 0.1) is 0 Å². The number of carbonyl (C=O) groups is 2. The summed E-state index contributed by atoms with van der Waals surface area (Å²) < 4.78 is 5.77. The number of pyridine rings is 1. The number of benzene rings is 2. The van der Waals surface area contributed by atoms with Gasteiger partial charge in [-0.1, -0.05) is 52.7 Å². The Balaban J connectivity index is 1.73. The highest BCUT2D eigenvalue weighted by Gasteiger charge is 2.47. The first-order valence-corrected chi connectivity index (χ1v) is 12.8. The summed E-state index contributed by atoms with van der Waals surface area (Å²) in [4.78, 5) is 32.2. The summed E-state index contributed by atoms with van der Waals surface area (Å²) in [7, 11) is 0. The molecule has 1 aliphatic rings. The maximum atomic E-state index is 13.3. The Labute approximate surface area is 218 Å². The minimum absolute atomic E-state index is 0.0488. The summed E-state index contributed by atoms with van der Waals surface area (Å²) in [5.74, 6) is -0.925. The molecule has 2 heterocycles. The molecule has 0 bridgehead atoms. The topological polar surface area (TPSA) is 79.7 Å². The van der Waals surface area contributed by atoms with E-state index in [9.17, 15) is 14.7 Å². The number of unbranched alkanes of at least 4 members (excludes halogenated alkanes) is 2. The largest absolute Gasteiger partial charge is 0.507 e. The lowest BCUT2D eigenvalue weighted by atomic mass is 9.87. The summed E-state index contributed by atoms with van der Waals surface area (Å²) in [6.07, 6.45) is 6.43. The standard InChI is InChI=1S/C31H34N2O4/c1-5-6-7-20-37-25-14-8-22(9-15-25)28(34)26-27(21-16-18-32-19-17-21)33(30(36)29(26)35)24-12-10-23(11-13-24)31(2,3)4/h8-19,27,34H,5-7,20H2,1-4H3/b28-26+. The summed E-state index contributed by atoms with van der Waals surface area (Å²) in [5, 5.41) is 11.3. The van der Waals surface area contributed by atoms with Crippen molar-refractivity contribution >= 4 is 23.1 Å². The molecule has 0 spiro atoms. The van der Waals surface area contributed by atoms with Crippen LogP contribution < -0.4 is 9.64 Å². The zero-order valence-corrected chi connectivity index (χ0v) is 21.9. The number of aromatic nitrogens is 1. The van der Waals surface area contributed by atoms with E-state index in [4.69, 9.17) is 4.74 Å². The summed E-state index contributed by atoms with van der Waals surface area (Å²) in [6.45, 7) is 9.12. The van der Waals surface area contributed by atoms with Gasteiger partial charge in [-0.15, -0.1) is 0 Å². The van der Waals surface area contributed by atoms with E-state index >= 15 is 0 Å². The lowest BCUT2D eigenvalue weighted by molar-refractivity contribution is -0.132. The van der Waals surface area contributed by atoms with Crippen LogP contribution in [0.4, 0.5) is 5.69 Å². The van der Waals surface area contributed by atoms with E-state index in [1.54, 1.807) is 48.8 Å². The molecule has 2 aromatic carbocycles. The van der Waals surface area contributed by atoms with Crippen LogP contribution >= 0.6 is 0 Å².